The molecule has 3 rings (SSSR count). The van der Waals surface area contributed by atoms with Gasteiger partial charge in [0, 0.05) is 25.9 Å². The molecule has 0 fully saturated rings. The van der Waals surface area contributed by atoms with E-state index in [0.29, 0.717) is 41.8 Å². The molecular formula is C31H36Cl2N2O2. The summed E-state index contributed by atoms with van der Waals surface area (Å²) in [6.45, 7) is 7.15. The number of halogens is 2. The van der Waals surface area contributed by atoms with Crippen molar-refractivity contribution in [3.8, 4) is 0 Å². The summed E-state index contributed by atoms with van der Waals surface area (Å²) in [4.78, 5) is 28.8. The van der Waals surface area contributed by atoms with Gasteiger partial charge in [0.05, 0.1) is 10.0 Å². The molecule has 1 atom stereocenters. The number of benzene rings is 3. The lowest BCUT2D eigenvalue weighted by atomic mass is 9.99. The molecule has 0 aliphatic carbocycles. The number of aryl methyl sites for hydroxylation is 1. The summed E-state index contributed by atoms with van der Waals surface area (Å²) in [5, 5.41) is 3.88. The average Bonchev–Trinajstić information content (AvgIpc) is 2.90. The van der Waals surface area contributed by atoms with Crippen LogP contribution in [-0.2, 0) is 29.0 Å². The summed E-state index contributed by atoms with van der Waals surface area (Å²) in [6.07, 6.45) is 2.14. The highest BCUT2D eigenvalue weighted by Gasteiger charge is 2.30. The van der Waals surface area contributed by atoms with Crippen molar-refractivity contribution in [1.29, 1.82) is 0 Å². The van der Waals surface area contributed by atoms with Gasteiger partial charge in [0.1, 0.15) is 6.04 Å². The van der Waals surface area contributed by atoms with E-state index in [9.17, 15) is 9.59 Å². The van der Waals surface area contributed by atoms with Crippen LogP contribution in [0.25, 0.3) is 0 Å². The maximum atomic E-state index is 13.7. The van der Waals surface area contributed by atoms with E-state index in [1.807, 2.05) is 43.3 Å². The molecule has 3 aromatic carbocycles. The highest BCUT2D eigenvalue weighted by molar-refractivity contribution is 6.42. The molecule has 0 bridgehead atoms. The molecule has 196 valence electrons. The maximum absolute atomic E-state index is 13.7. The smallest absolute Gasteiger partial charge is 0.243 e. The molecule has 0 aromatic heterocycles. The first-order valence-electron chi connectivity index (χ1n) is 12.9. The van der Waals surface area contributed by atoms with Crippen LogP contribution >= 0.6 is 23.2 Å². The molecule has 37 heavy (non-hydrogen) atoms. The van der Waals surface area contributed by atoms with Gasteiger partial charge in [0.2, 0.25) is 11.8 Å². The lowest BCUT2D eigenvalue weighted by Gasteiger charge is -2.32. The average molecular weight is 540 g/mol. The molecule has 0 heterocycles. The monoisotopic (exact) mass is 538 g/mol. The number of nitrogens with one attached hydrogen (secondary N) is 1. The molecule has 0 saturated heterocycles. The Morgan fingerprint density at radius 2 is 1.54 bits per heavy atom. The SMILES string of the molecule is CCCNC(=O)[C@H](Cc1ccccc1)N(Cc1ccc(Cl)c(Cl)c1)C(=O)CCc1ccc(C(C)C)cc1. The van der Waals surface area contributed by atoms with Crippen molar-refractivity contribution in [2.45, 2.75) is 65.0 Å². The van der Waals surface area contributed by atoms with Crippen molar-refractivity contribution in [2.24, 2.45) is 0 Å². The van der Waals surface area contributed by atoms with Gasteiger partial charge in [0.25, 0.3) is 0 Å². The normalized spacial score (nSPS) is 11.8. The Hall–Kier alpha value is -2.82. The third kappa shape index (κ3) is 8.62. The van der Waals surface area contributed by atoms with Crippen LogP contribution < -0.4 is 5.32 Å². The molecule has 0 spiro atoms. The van der Waals surface area contributed by atoms with Crippen molar-refractivity contribution >= 4 is 35.0 Å². The van der Waals surface area contributed by atoms with Crippen LogP contribution in [0.15, 0.2) is 72.8 Å². The lowest BCUT2D eigenvalue weighted by molar-refractivity contribution is -0.141. The number of carbonyl (C=O) groups excluding carboxylic acids is 2. The molecular weight excluding hydrogens is 503 g/mol. The molecule has 0 unspecified atom stereocenters. The standard InChI is InChI=1S/C31H36Cl2N2O2/c1-4-18-34-31(37)29(20-24-8-6-5-7-9-24)35(21-25-12-16-27(32)28(33)19-25)30(36)17-13-23-10-14-26(15-11-23)22(2)3/h5-12,14-16,19,22,29H,4,13,17-18,20-21H2,1-3H3,(H,34,37)/t29-/m0/s1. The molecule has 6 heteroatoms. The first-order valence-corrected chi connectivity index (χ1v) is 13.7. The van der Waals surface area contributed by atoms with Crippen LogP contribution in [-0.4, -0.2) is 29.3 Å². The van der Waals surface area contributed by atoms with Gasteiger partial charge in [-0.3, -0.25) is 9.59 Å². The third-order valence-corrected chi connectivity index (χ3v) is 7.17. The van der Waals surface area contributed by atoms with Gasteiger partial charge in [-0.2, -0.15) is 0 Å². The van der Waals surface area contributed by atoms with E-state index in [2.05, 4.69) is 43.4 Å². The van der Waals surface area contributed by atoms with E-state index in [-0.39, 0.29) is 18.4 Å². The van der Waals surface area contributed by atoms with E-state index in [1.165, 1.54) is 5.56 Å². The van der Waals surface area contributed by atoms with Crippen molar-refractivity contribution < 1.29 is 9.59 Å². The first-order chi connectivity index (χ1) is 17.8. The van der Waals surface area contributed by atoms with Crippen molar-refractivity contribution in [3.05, 3.63) is 105 Å². The Kier molecular flexibility index (Phi) is 11.0. The second kappa shape index (κ2) is 14.2. The van der Waals surface area contributed by atoms with E-state index >= 15 is 0 Å². The molecule has 1 N–H and O–H groups in total. The van der Waals surface area contributed by atoms with Gasteiger partial charge in [-0.25, -0.2) is 0 Å². The number of nitrogens with zero attached hydrogens (tertiary/aromatic N) is 1. The summed E-state index contributed by atoms with van der Waals surface area (Å²) in [6, 6.07) is 22.9. The minimum absolute atomic E-state index is 0.0772. The van der Waals surface area contributed by atoms with Crippen LogP contribution in [0.4, 0.5) is 0 Å². The quantitative estimate of drug-likeness (QED) is 0.264. The second-order valence-electron chi connectivity index (χ2n) is 9.66. The summed E-state index contributed by atoms with van der Waals surface area (Å²) >= 11 is 12.4. The molecule has 0 radical (unpaired) electrons. The summed E-state index contributed by atoms with van der Waals surface area (Å²) < 4.78 is 0. The zero-order chi connectivity index (χ0) is 26.8. The van der Waals surface area contributed by atoms with Crippen molar-refractivity contribution in [1.82, 2.24) is 10.2 Å². The molecule has 3 aromatic rings. The number of hydrogen-bond donors (Lipinski definition) is 1. The predicted octanol–water partition coefficient (Wildman–Crippen LogP) is 7.22. The van der Waals surface area contributed by atoms with Crippen LogP contribution in [0, 0.1) is 0 Å². The van der Waals surface area contributed by atoms with E-state index in [4.69, 9.17) is 23.2 Å². The van der Waals surface area contributed by atoms with Gasteiger partial charge >= 0.3 is 0 Å². The second-order valence-corrected chi connectivity index (χ2v) is 10.5. The van der Waals surface area contributed by atoms with E-state index in [0.717, 1.165) is 23.1 Å². The van der Waals surface area contributed by atoms with E-state index < -0.39 is 6.04 Å². The molecule has 0 aliphatic heterocycles. The van der Waals surface area contributed by atoms with Crippen LogP contribution in [0.5, 0.6) is 0 Å². The largest absolute Gasteiger partial charge is 0.354 e. The van der Waals surface area contributed by atoms with Crippen LogP contribution in [0.1, 0.15) is 61.8 Å². The number of rotatable bonds is 12. The number of amides is 2. The fraction of sp³-hybridized carbons (Fsp3) is 0.355. The zero-order valence-corrected chi connectivity index (χ0v) is 23.4. The van der Waals surface area contributed by atoms with Gasteiger partial charge < -0.3 is 10.2 Å². The Balaban J connectivity index is 1.88. The third-order valence-electron chi connectivity index (χ3n) is 6.43. The zero-order valence-electron chi connectivity index (χ0n) is 21.8. The molecule has 4 nitrogen and oxygen atoms in total. The van der Waals surface area contributed by atoms with Gasteiger partial charge in [-0.15, -0.1) is 0 Å². The van der Waals surface area contributed by atoms with Crippen molar-refractivity contribution in [2.75, 3.05) is 6.54 Å². The Morgan fingerprint density at radius 1 is 0.865 bits per heavy atom. The van der Waals surface area contributed by atoms with Crippen molar-refractivity contribution in [3.63, 3.8) is 0 Å². The van der Waals surface area contributed by atoms with Gasteiger partial charge in [-0.1, -0.05) is 105 Å². The highest BCUT2D eigenvalue weighted by atomic mass is 35.5. The minimum atomic E-state index is -0.653. The molecule has 0 saturated carbocycles. The number of hydrogen-bond acceptors (Lipinski definition) is 2. The first kappa shape index (κ1) is 28.7. The summed E-state index contributed by atoms with van der Waals surface area (Å²) in [5.41, 5.74) is 4.19. The van der Waals surface area contributed by atoms with Gasteiger partial charge in [-0.05, 0) is 53.1 Å². The molecule has 2 amide bonds. The maximum Gasteiger partial charge on any atom is 0.243 e. The van der Waals surface area contributed by atoms with Crippen LogP contribution in [0.2, 0.25) is 10.0 Å². The fourth-order valence-electron chi connectivity index (χ4n) is 4.22. The van der Waals surface area contributed by atoms with Crippen LogP contribution in [0.3, 0.4) is 0 Å². The Labute approximate surface area is 231 Å². The Bertz CT molecular complexity index is 1160. The molecule has 0 aliphatic rings. The summed E-state index contributed by atoms with van der Waals surface area (Å²) in [5.74, 6) is 0.227. The minimum Gasteiger partial charge on any atom is -0.354 e. The predicted molar refractivity (Wildman–Crippen MR) is 153 cm³/mol. The number of carbonyl (C=O) groups is 2. The topological polar surface area (TPSA) is 49.4 Å². The highest BCUT2D eigenvalue weighted by Crippen LogP contribution is 2.25. The Morgan fingerprint density at radius 3 is 2.16 bits per heavy atom. The summed E-state index contributed by atoms with van der Waals surface area (Å²) in [7, 11) is 0. The fourth-order valence-corrected chi connectivity index (χ4v) is 4.54. The lowest BCUT2D eigenvalue weighted by Crippen LogP contribution is -2.50. The van der Waals surface area contributed by atoms with Gasteiger partial charge in [0.15, 0.2) is 0 Å². The van der Waals surface area contributed by atoms with E-state index in [1.54, 1.807) is 17.0 Å².